The Morgan fingerprint density at radius 1 is 1.47 bits per heavy atom. The minimum Gasteiger partial charge on any atom is -0.494 e. The number of halogens is 1. The number of nitrogens with zero attached hydrogens (tertiary/aromatic N) is 3. The third kappa shape index (κ3) is 1.97. The second kappa shape index (κ2) is 4.48. The van der Waals surface area contributed by atoms with Crippen LogP contribution in [-0.4, -0.2) is 16.9 Å². The van der Waals surface area contributed by atoms with Crippen molar-refractivity contribution >= 4 is 11.6 Å². The fourth-order valence-electron chi connectivity index (χ4n) is 1.59. The first-order valence-corrected chi connectivity index (χ1v) is 5.34. The largest absolute Gasteiger partial charge is 0.494 e. The predicted octanol–water partition coefficient (Wildman–Crippen LogP) is 2.71. The van der Waals surface area contributed by atoms with Crippen LogP contribution in [0.4, 0.5) is 0 Å². The molecule has 86 valence electrons. The van der Waals surface area contributed by atoms with E-state index in [2.05, 4.69) is 11.2 Å². The highest BCUT2D eigenvalue weighted by Gasteiger charge is 2.12. The van der Waals surface area contributed by atoms with Crippen molar-refractivity contribution in [2.45, 2.75) is 6.92 Å². The quantitative estimate of drug-likeness (QED) is 0.820. The molecular formula is C12H10ClN3O. The first-order valence-electron chi connectivity index (χ1n) is 4.96. The van der Waals surface area contributed by atoms with Crippen molar-refractivity contribution in [1.82, 2.24) is 9.78 Å². The number of ether oxygens (including phenoxy) is 1. The van der Waals surface area contributed by atoms with Crippen molar-refractivity contribution in [3.05, 3.63) is 40.7 Å². The topological polar surface area (TPSA) is 50.8 Å². The molecule has 4 nitrogen and oxygen atoms in total. The summed E-state index contributed by atoms with van der Waals surface area (Å²) in [6.45, 7) is 1.83. The molecule has 0 radical (unpaired) electrons. The first kappa shape index (κ1) is 11.5. The van der Waals surface area contributed by atoms with E-state index in [9.17, 15) is 0 Å². The lowest BCUT2D eigenvalue weighted by atomic mass is 10.2. The molecule has 2 aromatic rings. The summed E-state index contributed by atoms with van der Waals surface area (Å²) in [7, 11) is 1.58. The van der Waals surface area contributed by atoms with Gasteiger partial charge in [0.25, 0.3) is 0 Å². The van der Waals surface area contributed by atoms with E-state index in [1.165, 1.54) is 6.20 Å². The molecule has 0 fully saturated rings. The van der Waals surface area contributed by atoms with Gasteiger partial charge in [-0.2, -0.15) is 10.4 Å². The van der Waals surface area contributed by atoms with Crippen LogP contribution in [0.15, 0.2) is 24.4 Å². The molecule has 0 aliphatic rings. The van der Waals surface area contributed by atoms with Crippen molar-refractivity contribution < 1.29 is 4.74 Å². The number of benzene rings is 1. The SMILES string of the molecule is COc1ccc(Cl)cc1-n1ncc(C#N)c1C. The van der Waals surface area contributed by atoms with Gasteiger partial charge in [-0.15, -0.1) is 0 Å². The van der Waals surface area contributed by atoms with Crippen molar-refractivity contribution in [3.63, 3.8) is 0 Å². The van der Waals surface area contributed by atoms with Crippen LogP contribution in [0.2, 0.25) is 5.02 Å². The molecule has 1 heterocycles. The molecule has 0 aliphatic heterocycles. The number of hydrogen-bond acceptors (Lipinski definition) is 3. The lowest BCUT2D eigenvalue weighted by Crippen LogP contribution is -2.02. The van der Waals surface area contributed by atoms with E-state index in [0.29, 0.717) is 16.3 Å². The van der Waals surface area contributed by atoms with Crippen LogP contribution in [0, 0.1) is 18.3 Å². The van der Waals surface area contributed by atoms with Gasteiger partial charge in [-0.25, -0.2) is 4.68 Å². The summed E-state index contributed by atoms with van der Waals surface area (Å²) in [5, 5.41) is 13.7. The van der Waals surface area contributed by atoms with E-state index in [-0.39, 0.29) is 0 Å². The maximum Gasteiger partial charge on any atom is 0.144 e. The van der Waals surface area contributed by atoms with Crippen LogP contribution in [0.25, 0.3) is 5.69 Å². The van der Waals surface area contributed by atoms with Crippen molar-refractivity contribution in [2.24, 2.45) is 0 Å². The molecule has 0 amide bonds. The number of rotatable bonds is 2. The van der Waals surface area contributed by atoms with Gasteiger partial charge in [0, 0.05) is 5.02 Å². The van der Waals surface area contributed by atoms with Crippen LogP contribution in [-0.2, 0) is 0 Å². The fourth-order valence-corrected chi connectivity index (χ4v) is 1.76. The Labute approximate surface area is 104 Å². The predicted molar refractivity (Wildman–Crippen MR) is 64.6 cm³/mol. The van der Waals surface area contributed by atoms with Crippen molar-refractivity contribution in [3.8, 4) is 17.5 Å². The summed E-state index contributed by atoms with van der Waals surface area (Å²) < 4.78 is 6.89. The highest BCUT2D eigenvalue weighted by Crippen LogP contribution is 2.27. The van der Waals surface area contributed by atoms with Gasteiger partial charge in [0.2, 0.25) is 0 Å². The molecule has 0 unspecified atom stereocenters. The smallest absolute Gasteiger partial charge is 0.144 e. The van der Waals surface area contributed by atoms with Gasteiger partial charge >= 0.3 is 0 Å². The molecule has 0 aliphatic carbocycles. The van der Waals surface area contributed by atoms with Crippen LogP contribution in [0.1, 0.15) is 11.3 Å². The maximum absolute atomic E-state index is 8.90. The number of methoxy groups -OCH3 is 1. The summed E-state index contributed by atoms with van der Waals surface area (Å²) in [5.41, 5.74) is 2.01. The zero-order chi connectivity index (χ0) is 12.4. The first-order chi connectivity index (χ1) is 8.17. The third-order valence-electron chi connectivity index (χ3n) is 2.50. The lowest BCUT2D eigenvalue weighted by Gasteiger charge is -2.10. The Morgan fingerprint density at radius 3 is 2.82 bits per heavy atom. The molecule has 17 heavy (non-hydrogen) atoms. The van der Waals surface area contributed by atoms with Crippen molar-refractivity contribution in [1.29, 1.82) is 5.26 Å². The number of nitriles is 1. The maximum atomic E-state index is 8.90. The normalized spacial score (nSPS) is 10.0. The van der Waals surface area contributed by atoms with E-state index in [4.69, 9.17) is 21.6 Å². The van der Waals surface area contributed by atoms with Crippen LogP contribution in [0.3, 0.4) is 0 Å². The minimum absolute atomic E-state index is 0.534. The van der Waals surface area contributed by atoms with E-state index in [1.54, 1.807) is 30.0 Å². The second-order valence-corrected chi connectivity index (χ2v) is 3.92. The monoisotopic (exact) mass is 247 g/mol. The average molecular weight is 248 g/mol. The molecule has 0 N–H and O–H groups in total. The summed E-state index contributed by atoms with van der Waals surface area (Å²) in [6, 6.07) is 7.34. The Hall–Kier alpha value is -1.99. The van der Waals surface area contributed by atoms with E-state index >= 15 is 0 Å². The van der Waals surface area contributed by atoms with Crippen LogP contribution < -0.4 is 4.74 Å². The summed E-state index contributed by atoms with van der Waals surface area (Å²) in [5.74, 6) is 0.657. The highest BCUT2D eigenvalue weighted by atomic mass is 35.5. The van der Waals surface area contributed by atoms with E-state index in [1.807, 2.05) is 6.92 Å². The molecule has 0 bridgehead atoms. The van der Waals surface area contributed by atoms with Gasteiger partial charge in [0.1, 0.15) is 17.5 Å². The zero-order valence-electron chi connectivity index (χ0n) is 9.44. The highest BCUT2D eigenvalue weighted by molar-refractivity contribution is 6.30. The van der Waals surface area contributed by atoms with E-state index < -0.39 is 0 Å². The standard InChI is InChI=1S/C12H10ClN3O/c1-8-9(6-14)7-15-16(8)11-5-10(13)3-4-12(11)17-2/h3-5,7H,1-2H3. The Bertz CT molecular complexity index is 598. The molecule has 1 aromatic carbocycles. The Balaban J connectivity index is 2.63. The van der Waals surface area contributed by atoms with Gasteiger partial charge in [0.15, 0.2) is 0 Å². The van der Waals surface area contributed by atoms with Crippen LogP contribution in [0.5, 0.6) is 5.75 Å². The lowest BCUT2D eigenvalue weighted by molar-refractivity contribution is 0.411. The van der Waals surface area contributed by atoms with Gasteiger partial charge in [-0.3, -0.25) is 0 Å². The van der Waals surface area contributed by atoms with Gasteiger partial charge in [-0.05, 0) is 25.1 Å². The van der Waals surface area contributed by atoms with Gasteiger partial charge in [-0.1, -0.05) is 11.6 Å². The molecular weight excluding hydrogens is 238 g/mol. The van der Waals surface area contributed by atoms with Crippen molar-refractivity contribution in [2.75, 3.05) is 7.11 Å². The van der Waals surface area contributed by atoms with Gasteiger partial charge in [0.05, 0.1) is 24.6 Å². The molecule has 5 heteroatoms. The summed E-state index contributed by atoms with van der Waals surface area (Å²) in [4.78, 5) is 0. The molecule has 0 saturated carbocycles. The number of hydrogen-bond donors (Lipinski definition) is 0. The molecule has 0 saturated heterocycles. The summed E-state index contributed by atoms with van der Waals surface area (Å²) in [6.07, 6.45) is 1.52. The van der Waals surface area contributed by atoms with E-state index in [0.717, 1.165) is 11.4 Å². The molecule has 0 spiro atoms. The second-order valence-electron chi connectivity index (χ2n) is 3.48. The van der Waals surface area contributed by atoms with Gasteiger partial charge < -0.3 is 4.74 Å². The van der Waals surface area contributed by atoms with Crippen LogP contribution >= 0.6 is 11.6 Å². The minimum atomic E-state index is 0.534. The Kier molecular flexibility index (Phi) is 3.03. The molecule has 0 atom stereocenters. The third-order valence-corrected chi connectivity index (χ3v) is 2.73. The molecule has 1 aromatic heterocycles. The summed E-state index contributed by atoms with van der Waals surface area (Å²) >= 11 is 5.96. The fraction of sp³-hybridized carbons (Fsp3) is 0.167. The number of aromatic nitrogens is 2. The Morgan fingerprint density at radius 2 is 2.24 bits per heavy atom. The molecule has 2 rings (SSSR count). The average Bonchev–Trinajstić information content (AvgIpc) is 2.70. The zero-order valence-corrected chi connectivity index (χ0v) is 10.2.